The van der Waals surface area contributed by atoms with Gasteiger partial charge in [0.1, 0.15) is 0 Å². The molecule has 0 aromatic heterocycles. The molecule has 1 saturated carbocycles. The van der Waals surface area contributed by atoms with Gasteiger partial charge in [0.15, 0.2) is 0 Å². The molecule has 1 aliphatic carbocycles. The maximum Gasteiger partial charge on any atom is 0.307 e. The van der Waals surface area contributed by atoms with Crippen molar-refractivity contribution in [1.82, 2.24) is 5.32 Å². The summed E-state index contributed by atoms with van der Waals surface area (Å²) in [5.74, 6) is 0.379. The molecule has 0 aromatic carbocycles. The molecule has 0 heterocycles. The van der Waals surface area contributed by atoms with Crippen LogP contribution in [-0.2, 0) is 9.59 Å². The fraction of sp³-hybridized carbons (Fsp3) is 0.800. The molecule has 1 fully saturated rings. The Kier molecular flexibility index (Phi) is 4.94. The van der Waals surface area contributed by atoms with Gasteiger partial charge in [-0.2, -0.15) is 11.8 Å². The Balaban J connectivity index is 1.98. The van der Waals surface area contributed by atoms with E-state index in [0.29, 0.717) is 17.4 Å². The molecule has 0 aromatic rings. The lowest BCUT2D eigenvalue weighted by Crippen LogP contribution is -2.27. The summed E-state index contributed by atoms with van der Waals surface area (Å²) in [7, 11) is 0. The number of hydrogen-bond acceptors (Lipinski definition) is 3. The van der Waals surface area contributed by atoms with Crippen LogP contribution >= 0.6 is 11.8 Å². The quantitative estimate of drug-likeness (QED) is 0.685. The van der Waals surface area contributed by atoms with Crippen LogP contribution in [0, 0.1) is 11.8 Å². The first-order valence-corrected chi connectivity index (χ1v) is 6.32. The van der Waals surface area contributed by atoms with Crippen LogP contribution in [0.5, 0.6) is 0 Å². The van der Waals surface area contributed by atoms with Crippen LogP contribution < -0.4 is 5.32 Å². The maximum atomic E-state index is 11.2. The zero-order valence-electron chi connectivity index (χ0n) is 8.86. The SMILES string of the molecule is CC(CSCC(=O)NCC1CC1)C(=O)O. The molecule has 0 bridgehead atoms. The highest BCUT2D eigenvalue weighted by atomic mass is 32.2. The van der Waals surface area contributed by atoms with Crippen LogP contribution in [0.25, 0.3) is 0 Å². The standard InChI is InChI=1S/C10H17NO3S/c1-7(10(13)14)5-15-6-9(12)11-4-8-2-3-8/h7-8H,2-6H2,1H3,(H,11,12)(H,13,14). The second-order valence-corrected chi connectivity index (χ2v) is 5.03. The van der Waals surface area contributed by atoms with Crippen molar-refractivity contribution in [2.24, 2.45) is 11.8 Å². The van der Waals surface area contributed by atoms with Gasteiger partial charge >= 0.3 is 5.97 Å². The van der Waals surface area contributed by atoms with E-state index >= 15 is 0 Å². The average molecular weight is 231 g/mol. The van der Waals surface area contributed by atoms with E-state index in [9.17, 15) is 9.59 Å². The van der Waals surface area contributed by atoms with Crippen LogP contribution in [-0.4, -0.2) is 35.0 Å². The van der Waals surface area contributed by atoms with Gasteiger partial charge < -0.3 is 10.4 Å². The van der Waals surface area contributed by atoms with Crippen LogP contribution in [0.4, 0.5) is 0 Å². The fourth-order valence-electron chi connectivity index (χ4n) is 1.03. The second kappa shape index (κ2) is 6.00. The number of hydrogen-bond donors (Lipinski definition) is 2. The molecule has 4 nitrogen and oxygen atoms in total. The molecule has 0 aliphatic heterocycles. The molecule has 5 heteroatoms. The van der Waals surface area contributed by atoms with Crippen molar-refractivity contribution < 1.29 is 14.7 Å². The Hall–Kier alpha value is -0.710. The normalized spacial score (nSPS) is 17.1. The smallest absolute Gasteiger partial charge is 0.307 e. The van der Waals surface area contributed by atoms with Gasteiger partial charge in [0, 0.05) is 12.3 Å². The summed E-state index contributed by atoms with van der Waals surface area (Å²) >= 11 is 1.38. The number of rotatable bonds is 7. The third-order valence-corrected chi connectivity index (χ3v) is 3.51. The molecule has 1 amide bonds. The minimum Gasteiger partial charge on any atom is -0.481 e. The van der Waals surface area contributed by atoms with Gasteiger partial charge in [-0.05, 0) is 18.8 Å². The summed E-state index contributed by atoms with van der Waals surface area (Å²) in [6, 6.07) is 0. The molecule has 1 unspecified atom stereocenters. The zero-order valence-corrected chi connectivity index (χ0v) is 9.68. The number of amides is 1. The van der Waals surface area contributed by atoms with Crippen LogP contribution in [0.2, 0.25) is 0 Å². The third-order valence-electron chi connectivity index (χ3n) is 2.31. The number of carbonyl (C=O) groups is 2. The van der Waals surface area contributed by atoms with Crippen molar-refractivity contribution in [2.45, 2.75) is 19.8 Å². The zero-order chi connectivity index (χ0) is 11.3. The summed E-state index contributed by atoms with van der Waals surface area (Å²) in [5.41, 5.74) is 0. The first-order valence-electron chi connectivity index (χ1n) is 5.17. The first-order chi connectivity index (χ1) is 7.09. The van der Waals surface area contributed by atoms with Crippen molar-refractivity contribution in [2.75, 3.05) is 18.1 Å². The van der Waals surface area contributed by atoms with Gasteiger partial charge in [-0.3, -0.25) is 9.59 Å². The number of aliphatic carboxylic acids is 1. The van der Waals surface area contributed by atoms with Gasteiger partial charge in [0.2, 0.25) is 5.91 Å². The topological polar surface area (TPSA) is 66.4 Å². The number of carbonyl (C=O) groups excluding carboxylic acids is 1. The number of nitrogens with one attached hydrogen (secondary N) is 1. The summed E-state index contributed by atoms with van der Waals surface area (Å²) < 4.78 is 0. The van der Waals surface area contributed by atoms with E-state index in [-0.39, 0.29) is 11.8 Å². The predicted molar refractivity (Wildman–Crippen MR) is 59.9 cm³/mol. The molecular formula is C10H17NO3S. The minimum absolute atomic E-state index is 0.0180. The van der Waals surface area contributed by atoms with E-state index < -0.39 is 5.97 Å². The lowest BCUT2D eigenvalue weighted by Gasteiger charge is -2.06. The maximum absolute atomic E-state index is 11.2. The second-order valence-electron chi connectivity index (χ2n) is 4.00. The van der Waals surface area contributed by atoms with Crippen molar-refractivity contribution in [3.05, 3.63) is 0 Å². The Morgan fingerprint density at radius 1 is 1.53 bits per heavy atom. The van der Waals surface area contributed by atoms with Crippen LogP contribution in [0.3, 0.4) is 0 Å². The molecular weight excluding hydrogens is 214 g/mol. The van der Waals surface area contributed by atoms with Gasteiger partial charge in [-0.1, -0.05) is 6.92 Å². The fourth-order valence-corrected chi connectivity index (χ4v) is 1.93. The Bertz CT molecular complexity index is 241. The molecule has 0 radical (unpaired) electrons. The van der Waals surface area contributed by atoms with Crippen molar-refractivity contribution in [3.63, 3.8) is 0 Å². The van der Waals surface area contributed by atoms with Crippen molar-refractivity contribution in [1.29, 1.82) is 0 Å². The Labute approximate surface area is 93.8 Å². The van der Waals surface area contributed by atoms with Crippen molar-refractivity contribution >= 4 is 23.6 Å². The van der Waals surface area contributed by atoms with E-state index in [0.717, 1.165) is 6.54 Å². The molecule has 1 atom stereocenters. The molecule has 15 heavy (non-hydrogen) atoms. The lowest BCUT2D eigenvalue weighted by molar-refractivity contribution is -0.140. The number of carboxylic acids is 1. The average Bonchev–Trinajstić information content (AvgIpc) is 2.97. The van der Waals surface area contributed by atoms with E-state index in [1.54, 1.807) is 6.92 Å². The summed E-state index contributed by atoms with van der Waals surface area (Å²) in [6.07, 6.45) is 2.45. The van der Waals surface area contributed by atoms with Gasteiger partial charge in [-0.15, -0.1) is 0 Å². The summed E-state index contributed by atoms with van der Waals surface area (Å²) in [4.78, 5) is 21.7. The Morgan fingerprint density at radius 3 is 2.73 bits per heavy atom. The largest absolute Gasteiger partial charge is 0.481 e. The van der Waals surface area contributed by atoms with Crippen LogP contribution in [0.1, 0.15) is 19.8 Å². The molecule has 2 N–H and O–H groups in total. The van der Waals surface area contributed by atoms with Crippen molar-refractivity contribution in [3.8, 4) is 0 Å². The van der Waals surface area contributed by atoms with Gasteiger partial charge in [0.05, 0.1) is 11.7 Å². The van der Waals surface area contributed by atoms with Crippen LogP contribution in [0.15, 0.2) is 0 Å². The molecule has 0 spiro atoms. The highest BCUT2D eigenvalue weighted by molar-refractivity contribution is 7.99. The van der Waals surface area contributed by atoms with E-state index in [2.05, 4.69) is 5.32 Å². The van der Waals surface area contributed by atoms with E-state index in [1.165, 1.54) is 24.6 Å². The number of carboxylic acid groups (broad SMARTS) is 1. The molecule has 1 rings (SSSR count). The summed E-state index contributed by atoms with van der Waals surface area (Å²) in [6.45, 7) is 2.44. The molecule has 1 aliphatic rings. The highest BCUT2D eigenvalue weighted by Gasteiger charge is 2.21. The monoisotopic (exact) mass is 231 g/mol. The third kappa shape index (κ3) is 5.67. The predicted octanol–water partition coefficient (Wildman–Crippen LogP) is 0.966. The molecule has 0 saturated heterocycles. The van der Waals surface area contributed by atoms with Gasteiger partial charge in [-0.25, -0.2) is 0 Å². The van der Waals surface area contributed by atoms with Gasteiger partial charge in [0.25, 0.3) is 0 Å². The highest BCUT2D eigenvalue weighted by Crippen LogP contribution is 2.27. The first kappa shape index (κ1) is 12.4. The summed E-state index contributed by atoms with van der Waals surface area (Å²) in [5, 5.41) is 11.5. The minimum atomic E-state index is -0.805. The Morgan fingerprint density at radius 2 is 2.20 bits per heavy atom. The van der Waals surface area contributed by atoms with E-state index in [1.807, 2.05) is 0 Å². The molecule has 86 valence electrons. The van der Waals surface area contributed by atoms with E-state index in [4.69, 9.17) is 5.11 Å². The lowest BCUT2D eigenvalue weighted by atomic mass is 10.2. The number of thioether (sulfide) groups is 1.